The maximum atomic E-state index is 11.9. The van der Waals surface area contributed by atoms with E-state index in [9.17, 15) is 9.59 Å². The fraction of sp³-hybridized carbons (Fsp3) is 0.200. The van der Waals surface area contributed by atoms with Crippen LogP contribution in [-0.2, 0) is 9.59 Å². The van der Waals surface area contributed by atoms with Crippen LogP contribution in [-0.4, -0.2) is 23.5 Å². The first-order valence-electron chi connectivity index (χ1n) is 6.50. The summed E-state index contributed by atoms with van der Waals surface area (Å²) in [6.45, 7) is -0.0774. The molecule has 1 unspecified atom stereocenters. The number of nitrogens with one attached hydrogen (secondary N) is 2. The first-order valence-corrected chi connectivity index (χ1v) is 7.45. The summed E-state index contributed by atoms with van der Waals surface area (Å²) < 4.78 is 0. The van der Waals surface area contributed by atoms with Crippen molar-refractivity contribution in [1.82, 2.24) is 5.32 Å². The van der Waals surface area contributed by atoms with E-state index < -0.39 is 17.9 Å². The molecule has 2 aromatic rings. The molecule has 110 valence electrons. The number of hydrogen-bond donors (Lipinski definition) is 3. The van der Waals surface area contributed by atoms with Crippen LogP contribution in [0.25, 0.3) is 0 Å². The van der Waals surface area contributed by atoms with Crippen molar-refractivity contribution >= 4 is 28.8 Å². The Hall–Kier alpha value is -2.18. The fourth-order valence-corrected chi connectivity index (χ4v) is 2.47. The predicted molar refractivity (Wildman–Crippen MR) is 82.0 cm³/mol. The molecule has 1 aromatic heterocycles. The van der Waals surface area contributed by atoms with Gasteiger partial charge in [-0.3, -0.25) is 9.59 Å². The molecule has 2 rings (SSSR count). The summed E-state index contributed by atoms with van der Waals surface area (Å²) in [4.78, 5) is 23.7. The molecule has 1 heterocycles. The fourth-order valence-electron chi connectivity index (χ4n) is 1.88. The van der Waals surface area contributed by atoms with Crippen molar-refractivity contribution in [3.05, 3.63) is 52.7 Å². The highest BCUT2D eigenvalue weighted by molar-refractivity contribution is 7.08. The lowest BCUT2D eigenvalue weighted by Gasteiger charge is -2.17. The Bertz CT molecular complexity index is 584. The zero-order chi connectivity index (χ0) is 15.1. The van der Waals surface area contributed by atoms with Gasteiger partial charge in [-0.2, -0.15) is 11.3 Å². The summed E-state index contributed by atoms with van der Waals surface area (Å²) in [5.74, 6) is -1.43. The number of thiophene rings is 1. The third kappa shape index (κ3) is 4.40. The molecule has 0 aliphatic rings. The third-order valence-corrected chi connectivity index (χ3v) is 3.59. The molecule has 0 saturated carbocycles. The van der Waals surface area contributed by atoms with Crippen LogP contribution in [0.3, 0.4) is 0 Å². The van der Waals surface area contributed by atoms with Crippen molar-refractivity contribution in [3.63, 3.8) is 0 Å². The molecule has 21 heavy (non-hydrogen) atoms. The largest absolute Gasteiger partial charge is 0.396 e. The van der Waals surface area contributed by atoms with Crippen molar-refractivity contribution in [2.24, 2.45) is 0 Å². The van der Waals surface area contributed by atoms with Crippen LogP contribution in [0.1, 0.15) is 18.0 Å². The van der Waals surface area contributed by atoms with Gasteiger partial charge in [0.1, 0.15) is 0 Å². The minimum atomic E-state index is -0.719. The number of aliphatic hydroxyl groups is 1. The molecule has 2 amide bonds. The Kier molecular flexibility index (Phi) is 5.48. The molecule has 0 aliphatic carbocycles. The van der Waals surface area contributed by atoms with Crippen LogP contribution in [0.15, 0.2) is 47.2 Å². The van der Waals surface area contributed by atoms with E-state index in [-0.39, 0.29) is 6.61 Å². The van der Waals surface area contributed by atoms with Gasteiger partial charge < -0.3 is 15.7 Å². The van der Waals surface area contributed by atoms with E-state index in [1.54, 1.807) is 11.4 Å². The number of amides is 2. The summed E-state index contributed by atoms with van der Waals surface area (Å²) in [5, 5.41) is 17.8. The molecule has 0 spiro atoms. The molecule has 3 N–H and O–H groups in total. The lowest BCUT2D eigenvalue weighted by molar-refractivity contribution is -0.136. The third-order valence-electron chi connectivity index (χ3n) is 2.91. The zero-order valence-corrected chi connectivity index (χ0v) is 12.1. The number of hydrogen-bond acceptors (Lipinski definition) is 4. The van der Waals surface area contributed by atoms with Crippen molar-refractivity contribution in [1.29, 1.82) is 0 Å². The smallest absolute Gasteiger partial charge is 0.313 e. The van der Waals surface area contributed by atoms with Crippen LogP contribution >= 0.6 is 11.3 Å². The van der Waals surface area contributed by atoms with Gasteiger partial charge in [0.2, 0.25) is 0 Å². The number of benzene rings is 1. The van der Waals surface area contributed by atoms with Gasteiger partial charge in [-0.05, 0) is 23.4 Å². The summed E-state index contributed by atoms with van der Waals surface area (Å²) in [6.07, 6.45) is 0.349. The van der Waals surface area contributed by atoms with Gasteiger partial charge in [0.25, 0.3) is 0 Å². The van der Waals surface area contributed by atoms with E-state index in [4.69, 9.17) is 5.11 Å². The van der Waals surface area contributed by atoms with Gasteiger partial charge in [0, 0.05) is 12.0 Å². The molecule has 1 aromatic carbocycles. The topological polar surface area (TPSA) is 78.4 Å². The van der Waals surface area contributed by atoms with E-state index in [1.165, 1.54) is 11.3 Å². The molecule has 5 nitrogen and oxygen atoms in total. The highest BCUT2D eigenvalue weighted by Crippen LogP contribution is 2.16. The highest BCUT2D eigenvalue weighted by atomic mass is 32.1. The van der Waals surface area contributed by atoms with E-state index >= 15 is 0 Å². The van der Waals surface area contributed by atoms with Crippen molar-refractivity contribution in [2.45, 2.75) is 12.5 Å². The zero-order valence-electron chi connectivity index (χ0n) is 11.3. The average Bonchev–Trinajstić information content (AvgIpc) is 3.00. The maximum Gasteiger partial charge on any atom is 0.313 e. The standard InChI is InChI=1S/C15H16N2O3S/c18-8-6-13(11-4-2-1-3-5-11)17-15(20)14(19)16-12-7-9-21-10-12/h1-5,7,9-10,13,18H,6,8H2,(H,16,19)(H,17,20). The van der Waals surface area contributed by atoms with Gasteiger partial charge in [-0.15, -0.1) is 0 Å². The Morgan fingerprint density at radius 1 is 1.14 bits per heavy atom. The highest BCUT2D eigenvalue weighted by Gasteiger charge is 2.19. The van der Waals surface area contributed by atoms with E-state index in [2.05, 4.69) is 10.6 Å². The van der Waals surface area contributed by atoms with E-state index in [0.717, 1.165) is 5.56 Å². The Balaban J connectivity index is 1.99. The normalized spacial score (nSPS) is 11.7. The van der Waals surface area contributed by atoms with Crippen LogP contribution in [0.4, 0.5) is 5.69 Å². The first kappa shape index (κ1) is 15.2. The predicted octanol–water partition coefficient (Wildman–Crippen LogP) is 1.93. The van der Waals surface area contributed by atoms with Crippen LogP contribution in [0, 0.1) is 0 Å². The number of rotatable bonds is 5. The Labute approximate surface area is 126 Å². The molecule has 0 fully saturated rings. The molecule has 0 saturated heterocycles. The van der Waals surface area contributed by atoms with Crippen LogP contribution in [0.5, 0.6) is 0 Å². The summed E-state index contributed by atoms with van der Waals surface area (Å²) >= 11 is 1.43. The molecular weight excluding hydrogens is 288 g/mol. The number of carbonyl (C=O) groups excluding carboxylic acids is 2. The van der Waals surface area contributed by atoms with Gasteiger partial charge in [-0.25, -0.2) is 0 Å². The maximum absolute atomic E-state index is 11.9. The SMILES string of the molecule is O=C(Nc1ccsc1)C(=O)NC(CCO)c1ccccc1. The van der Waals surface area contributed by atoms with E-state index in [1.807, 2.05) is 35.7 Å². The van der Waals surface area contributed by atoms with Crippen LogP contribution in [0.2, 0.25) is 0 Å². The summed E-state index contributed by atoms with van der Waals surface area (Å²) in [7, 11) is 0. The molecule has 0 bridgehead atoms. The molecular formula is C15H16N2O3S. The molecule has 6 heteroatoms. The van der Waals surface area contributed by atoms with Gasteiger partial charge in [-0.1, -0.05) is 30.3 Å². The summed E-state index contributed by atoms with van der Waals surface area (Å²) in [6, 6.07) is 10.6. The second-order valence-electron chi connectivity index (χ2n) is 4.42. The van der Waals surface area contributed by atoms with Gasteiger partial charge >= 0.3 is 11.8 Å². The van der Waals surface area contributed by atoms with Crippen molar-refractivity contribution in [3.8, 4) is 0 Å². The number of carbonyl (C=O) groups is 2. The lowest BCUT2D eigenvalue weighted by atomic mass is 10.0. The van der Waals surface area contributed by atoms with Crippen LogP contribution < -0.4 is 10.6 Å². The second kappa shape index (κ2) is 7.56. The monoisotopic (exact) mass is 304 g/mol. The number of aliphatic hydroxyl groups excluding tert-OH is 1. The molecule has 0 aliphatic heterocycles. The molecule has 1 atom stereocenters. The Morgan fingerprint density at radius 2 is 1.90 bits per heavy atom. The Morgan fingerprint density at radius 3 is 2.52 bits per heavy atom. The quantitative estimate of drug-likeness (QED) is 0.739. The second-order valence-corrected chi connectivity index (χ2v) is 5.20. The molecule has 0 radical (unpaired) electrons. The minimum Gasteiger partial charge on any atom is -0.396 e. The first-order chi connectivity index (χ1) is 10.2. The van der Waals surface area contributed by atoms with Crippen molar-refractivity contribution < 1.29 is 14.7 Å². The number of anilines is 1. The van der Waals surface area contributed by atoms with Gasteiger partial charge in [0.15, 0.2) is 0 Å². The van der Waals surface area contributed by atoms with E-state index in [0.29, 0.717) is 12.1 Å². The minimum absolute atomic E-state index is 0.0774. The lowest BCUT2D eigenvalue weighted by Crippen LogP contribution is -2.38. The summed E-state index contributed by atoms with van der Waals surface area (Å²) in [5.41, 5.74) is 1.45. The van der Waals surface area contributed by atoms with Crippen molar-refractivity contribution in [2.75, 3.05) is 11.9 Å². The van der Waals surface area contributed by atoms with Gasteiger partial charge in [0.05, 0.1) is 11.7 Å². The average molecular weight is 304 g/mol.